The van der Waals surface area contributed by atoms with E-state index in [4.69, 9.17) is 0 Å². The largest absolute Gasteiger partial charge is 0.319 e. The van der Waals surface area contributed by atoms with Gasteiger partial charge >= 0.3 is 0 Å². The molecule has 2 heterocycles. The van der Waals surface area contributed by atoms with Crippen molar-refractivity contribution in [2.75, 3.05) is 6.54 Å². The Morgan fingerprint density at radius 2 is 1.82 bits per heavy atom. The summed E-state index contributed by atoms with van der Waals surface area (Å²) in [6, 6.07) is 11.0. The van der Waals surface area contributed by atoms with Crippen LogP contribution >= 0.6 is 0 Å². The summed E-state index contributed by atoms with van der Waals surface area (Å²) in [5.41, 5.74) is 6.50. The first-order valence-electron chi connectivity index (χ1n) is 6.04. The lowest BCUT2D eigenvalue weighted by molar-refractivity contribution is 0.928. The normalized spacial score (nSPS) is 13.8. The Balaban J connectivity index is 2.14. The van der Waals surface area contributed by atoms with Crippen molar-refractivity contribution in [1.82, 2.24) is 4.57 Å². The number of nitrogens with zero attached hydrogens (tertiary/aromatic N) is 2. The van der Waals surface area contributed by atoms with Crippen molar-refractivity contribution in [3.05, 3.63) is 52.8 Å². The van der Waals surface area contributed by atoms with E-state index in [9.17, 15) is 0 Å². The molecule has 17 heavy (non-hydrogen) atoms. The molecule has 0 radical (unpaired) electrons. The number of aryl methyl sites for hydroxylation is 2. The first kappa shape index (κ1) is 10.3. The van der Waals surface area contributed by atoms with E-state index in [2.05, 4.69) is 53.7 Å². The van der Waals surface area contributed by atoms with Crippen LogP contribution in [-0.2, 0) is 6.42 Å². The highest BCUT2D eigenvalue weighted by Gasteiger charge is 2.09. The van der Waals surface area contributed by atoms with Crippen LogP contribution in [0.2, 0.25) is 0 Å². The quantitative estimate of drug-likeness (QED) is 0.708. The fourth-order valence-corrected chi connectivity index (χ4v) is 2.50. The zero-order chi connectivity index (χ0) is 11.8. The van der Waals surface area contributed by atoms with E-state index in [0.29, 0.717) is 0 Å². The van der Waals surface area contributed by atoms with Gasteiger partial charge in [0.25, 0.3) is 0 Å². The number of aliphatic imine (C=N–C) groups is 1. The molecular formula is C15H16N2. The molecular weight excluding hydrogens is 208 g/mol. The molecule has 1 aromatic carbocycles. The van der Waals surface area contributed by atoms with Crippen molar-refractivity contribution >= 4 is 6.21 Å². The maximum absolute atomic E-state index is 4.31. The van der Waals surface area contributed by atoms with Gasteiger partial charge in [0, 0.05) is 29.8 Å². The fraction of sp³-hybridized carbons (Fsp3) is 0.267. The molecule has 1 aromatic heterocycles. The van der Waals surface area contributed by atoms with E-state index in [0.717, 1.165) is 13.0 Å². The Bertz CT molecular complexity index is 571. The SMILES string of the molecule is Cc1ccc(C)n1-c1ccc2c(c1)CCN=C2. The van der Waals surface area contributed by atoms with E-state index < -0.39 is 0 Å². The minimum Gasteiger partial charge on any atom is -0.319 e. The van der Waals surface area contributed by atoms with E-state index in [1.165, 1.54) is 28.2 Å². The van der Waals surface area contributed by atoms with Crippen molar-refractivity contribution in [3.8, 4) is 5.69 Å². The number of fused-ring (bicyclic) bond motifs is 1. The Morgan fingerprint density at radius 3 is 2.59 bits per heavy atom. The molecule has 0 amide bonds. The summed E-state index contributed by atoms with van der Waals surface area (Å²) in [6.45, 7) is 5.21. The molecule has 0 saturated carbocycles. The van der Waals surface area contributed by atoms with Crippen LogP contribution < -0.4 is 0 Å². The predicted molar refractivity (Wildman–Crippen MR) is 71.4 cm³/mol. The van der Waals surface area contributed by atoms with Gasteiger partial charge in [-0.05, 0) is 55.7 Å². The summed E-state index contributed by atoms with van der Waals surface area (Å²) < 4.78 is 2.30. The zero-order valence-electron chi connectivity index (χ0n) is 10.3. The lowest BCUT2D eigenvalue weighted by Gasteiger charge is -2.14. The second-order valence-corrected chi connectivity index (χ2v) is 4.62. The molecule has 0 atom stereocenters. The topological polar surface area (TPSA) is 17.3 Å². The van der Waals surface area contributed by atoms with Crippen molar-refractivity contribution in [2.45, 2.75) is 20.3 Å². The van der Waals surface area contributed by atoms with Crippen LogP contribution in [0.3, 0.4) is 0 Å². The number of aromatic nitrogens is 1. The van der Waals surface area contributed by atoms with Crippen LogP contribution in [0.5, 0.6) is 0 Å². The van der Waals surface area contributed by atoms with Gasteiger partial charge in [-0.2, -0.15) is 0 Å². The monoisotopic (exact) mass is 224 g/mol. The molecule has 2 nitrogen and oxygen atoms in total. The molecule has 0 saturated heterocycles. The maximum atomic E-state index is 4.31. The molecule has 86 valence electrons. The van der Waals surface area contributed by atoms with Gasteiger partial charge in [-0.3, -0.25) is 4.99 Å². The van der Waals surface area contributed by atoms with Crippen LogP contribution in [0.15, 0.2) is 35.3 Å². The van der Waals surface area contributed by atoms with Crippen molar-refractivity contribution in [2.24, 2.45) is 4.99 Å². The van der Waals surface area contributed by atoms with Gasteiger partial charge in [-0.1, -0.05) is 6.07 Å². The molecule has 2 aromatic rings. The van der Waals surface area contributed by atoms with Crippen LogP contribution in [0.1, 0.15) is 22.5 Å². The third kappa shape index (κ3) is 1.70. The lowest BCUT2D eigenvalue weighted by Crippen LogP contribution is -2.06. The standard InChI is InChI=1S/C15H16N2/c1-11-3-4-12(2)17(11)15-6-5-14-10-16-8-7-13(14)9-15/h3-6,9-10H,7-8H2,1-2H3. The van der Waals surface area contributed by atoms with Gasteiger partial charge < -0.3 is 4.57 Å². The van der Waals surface area contributed by atoms with Gasteiger partial charge in [0.2, 0.25) is 0 Å². The third-order valence-electron chi connectivity index (χ3n) is 3.40. The van der Waals surface area contributed by atoms with Gasteiger partial charge in [-0.15, -0.1) is 0 Å². The van der Waals surface area contributed by atoms with Crippen molar-refractivity contribution < 1.29 is 0 Å². The Morgan fingerprint density at radius 1 is 1.06 bits per heavy atom. The molecule has 0 spiro atoms. The fourth-order valence-electron chi connectivity index (χ4n) is 2.50. The molecule has 0 fully saturated rings. The molecule has 0 bridgehead atoms. The first-order chi connectivity index (χ1) is 8.25. The molecule has 1 aliphatic rings. The summed E-state index contributed by atoms with van der Waals surface area (Å²) in [6.07, 6.45) is 3.04. The maximum Gasteiger partial charge on any atom is 0.0458 e. The average molecular weight is 224 g/mol. The lowest BCUT2D eigenvalue weighted by atomic mass is 10.0. The van der Waals surface area contributed by atoms with E-state index >= 15 is 0 Å². The first-order valence-corrected chi connectivity index (χ1v) is 6.04. The molecule has 0 N–H and O–H groups in total. The number of hydrogen-bond acceptors (Lipinski definition) is 1. The van der Waals surface area contributed by atoms with E-state index in [-0.39, 0.29) is 0 Å². The summed E-state index contributed by atoms with van der Waals surface area (Å²) in [4.78, 5) is 4.31. The Kier molecular flexibility index (Phi) is 2.36. The van der Waals surface area contributed by atoms with Crippen LogP contribution in [0.4, 0.5) is 0 Å². The molecule has 1 aliphatic heterocycles. The molecule has 2 heteroatoms. The number of rotatable bonds is 1. The minimum atomic E-state index is 0.917. The summed E-state index contributed by atoms with van der Waals surface area (Å²) in [5, 5.41) is 0. The minimum absolute atomic E-state index is 0.917. The molecule has 0 unspecified atom stereocenters. The highest BCUT2D eigenvalue weighted by molar-refractivity contribution is 5.83. The highest BCUT2D eigenvalue weighted by atomic mass is 15.0. The summed E-state index contributed by atoms with van der Waals surface area (Å²) in [5.74, 6) is 0. The van der Waals surface area contributed by atoms with Gasteiger partial charge in [0.1, 0.15) is 0 Å². The van der Waals surface area contributed by atoms with Crippen LogP contribution in [0, 0.1) is 13.8 Å². The third-order valence-corrected chi connectivity index (χ3v) is 3.40. The Labute approximate surface area is 102 Å². The zero-order valence-corrected chi connectivity index (χ0v) is 10.3. The molecule has 3 rings (SSSR count). The van der Waals surface area contributed by atoms with Gasteiger partial charge in [0.15, 0.2) is 0 Å². The average Bonchev–Trinajstić information content (AvgIpc) is 2.68. The van der Waals surface area contributed by atoms with Crippen LogP contribution in [0.25, 0.3) is 5.69 Å². The Hall–Kier alpha value is -1.83. The van der Waals surface area contributed by atoms with Crippen molar-refractivity contribution in [1.29, 1.82) is 0 Å². The van der Waals surface area contributed by atoms with E-state index in [1.807, 2.05) is 6.21 Å². The van der Waals surface area contributed by atoms with Crippen LogP contribution in [-0.4, -0.2) is 17.3 Å². The van der Waals surface area contributed by atoms with Crippen molar-refractivity contribution in [3.63, 3.8) is 0 Å². The molecule has 0 aliphatic carbocycles. The highest BCUT2D eigenvalue weighted by Crippen LogP contribution is 2.21. The van der Waals surface area contributed by atoms with E-state index in [1.54, 1.807) is 0 Å². The van der Waals surface area contributed by atoms with Gasteiger partial charge in [-0.25, -0.2) is 0 Å². The smallest absolute Gasteiger partial charge is 0.0458 e. The second kappa shape index (κ2) is 3.88. The summed E-state index contributed by atoms with van der Waals surface area (Å²) in [7, 11) is 0. The van der Waals surface area contributed by atoms with Gasteiger partial charge in [0.05, 0.1) is 0 Å². The summed E-state index contributed by atoms with van der Waals surface area (Å²) >= 11 is 0. The number of hydrogen-bond donors (Lipinski definition) is 0. The second-order valence-electron chi connectivity index (χ2n) is 4.62. The predicted octanol–water partition coefficient (Wildman–Crippen LogP) is 3.07. The number of benzene rings is 1.